The van der Waals surface area contributed by atoms with Crippen LogP contribution in [0.1, 0.15) is 27.8 Å². The summed E-state index contributed by atoms with van der Waals surface area (Å²) in [5.74, 6) is 0. The molecule has 0 N–H and O–H groups in total. The van der Waals surface area contributed by atoms with Crippen molar-refractivity contribution >= 4 is 6.72 Å². The van der Waals surface area contributed by atoms with E-state index in [4.69, 9.17) is 0 Å². The molecule has 0 amide bonds. The highest BCUT2D eigenvalue weighted by Gasteiger charge is 2.45. The molecule has 1 heteroatoms. The molecule has 0 spiro atoms. The van der Waals surface area contributed by atoms with Crippen molar-refractivity contribution in [2.24, 2.45) is 4.99 Å². The molecule has 40 heavy (non-hydrogen) atoms. The monoisotopic (exact) mass is 511 g/mol. The first-order valence-corrected chi connectivity index (χ1v) is 13.8. The van der Waals surface area contributed by atoms with E-state index in [0.717, 1.165) is 0 Å². The first kappa shape index (κ1) is 24.1. The van der Waals surface area contributed by atoms with Gasteiger partial charge in [-0.25, -0.2) is 0 Å². The molecule has 0 fully saturated rings. The predicted molar refractivity (Wildman–Crippen MR) is 168 cm³/mol. The van der Waals surface area contributed by atoms with Gasteiger partial charge in [-0.2, -0.15) is 0 Å². The minimum atomic E-state index is -0.395. The fraction of sp³-hybridized carbons (Fsp3) is 0.0513. The van der Waals surface area contributed by atoms with E-state index in [0.29, 0.717) is 6.54 Å². The highest BCUT2D eigenvalue weighted by molar-refractivity contribution is 5.88. The molecule has 190 valence electrons. The Bertz CT molecular complexity index is 1790. The highest BCUT2D eigenvalue weighted by Crippen LogP contribution is 2.56. The highest BCUT2D eigenvalue weighted by atomic mass is 14.7. The lowest BCUT2D eigenvalue weighted by Gasteiger charge is -2.34. The normalized spacial score (nSPS) is 12.9. The van der Waals surface area contributed by atoms with E-state index in [1.165, 1.54) is 61.2 Å². The van der Waals surface area contributed by atoms with Crippen LogP contribution in [0, 0.1) is 0 Å². The Morgan fingerprint density at radius 3 is 1.68 bits per heavy atom. The molecule has 0 aromatic heterocycles. The van der Waals surface area contributed by atoms with Crippen LogP contribution in [0.4, 0.5) is 0 Å². The van der Waals surface area contributed by atoms with Crippen LogP contribution >= 0.6 is 0 Å². The van der Waals surface area contributed by atoms with Crippen LogP contribution in [-0.4, -0.2) is 6.72 Å². The van der Waals surface area contributed by atoms with Gasteiger partial charge in [-0.05, 0) is 86.1 Å². The fourth-order valence-corrected chi connectivity index (χ4v) is 6.48. The summed E-state index contributed by atoms with van der Waals surface area (Å²) in [6.45, 7) is 4.29. The predicted octanol–water partition coefficient (Wildman–Crippen LogP) is 9.58. The van der Waals surface area contributed by atoms with Crippen LogP contribution in [0.3, 0.4) is 0 Å². The second kappa shape index (κ2) is 9.94. The van der Waals surface area contributed by atoms with Gasteiger partial charge in [0.2, 0.25) is 0 Å². The number of benzene rings is 6. The van der Waals surface area contributed by atoms with E-state index >= 15 is 0 Å². The molecule has 0 radical (unpaired) electrons. The van der Waals surface area contributed by atoms with Gasteiger partial charge >= 0.3 is 0 Å². The van der Waals surface area contributed by atoms with Gasteiger partial charge in [0.05, 0.1) is 12.0 Å². The van der Waals surface area contributed by atoms with Crippen LogP contribution in [0.25, 0.3) is 33.4 Å². The molecule has 6 aromatic carbocycles. The van der Waals surface area contributed by atoms with Gasteiger partial charge in [0, 0.05) is 0 Å². The number of fused-ring (bicyclic) bond motifs is 3. The first-order valence-electron chi connectivity index (χ1n) is 13.8. The maximum Gasteiger partial charge on any atom is 0.0713 e. The van der Waals surface area contributed by atoms with Crippen LogP contribution in [-0.2, 0) is 12.0 Å². The van der Waals surface area contributed by atoms with Crippen molar-refractivity contribution in [1.82, 2.24) is 0 Å². The zero-order valence-corrected chi connectivity index (χ0v) is 22.3. The molecule has 6 aromatic rings. The molecular weight excluding hydrogens is 482 g/mol. The summed E-state index contributed by atoms with van der Waals surface area (Å²) < 4.78 is 0. The summed E-state index contributed by atoms with van der Waals surface area (Å²) in [7, 11) is 0. The van der Waals surface area contributed by atoms with Crippen molar-refractivity contribution in [3.63, 3.8) is 0 Å². The number of rotatable bonds is 6. The van der Waals surface area contributed by atoms with Crippen LogP contribution in [0.2, 0.25) is 0 Å². The standard InChI is InChI=1S/C39H29N/c1-40-27-28-12-10-13-29(24-28)30-14-11-15-31(25-30)32-22-23-36-35-20-8-9-21-37(35)39(38(36)26-32,33-16-4-2-5-17-33)34-18-6-3-7-19-34/h2-26H,1,27H2. The molecule has 0 saturated carbocycles. The first-order chi connectivity index (χ1) is 19.8. The van der Waals surface area contributed by atoms with Gasteiger partial charge in [0.1, 0.15) is 0 Å². The van der Waals surface area contributed by atoms with Gasteiger partial charge < -0.3 is 0 Å². The Kier molecular flexibility index (Phi) is 5.98. The third kappa shape index (κ3) is 3.82. The average Bonchev–Trinajstić information content (AvgIpc) is 3.33. The largest absolute Gasteiger partial charge is 0.296 e. The second-order valence-electron chi connectivity index (χ2n) is 10.5. The van der Waals surface area contributed by atoms with E-state index in [9.17, 15) is 0 Å². The fourth-order valence-electron chi connectivity index (χ4n) is 6.48. The molecule has 7 rings (SSSR count). The van der Waals surface area contributed by atoms with Crippen molar-refractivity contribution in [3.05, 3.63) is 179 Å². The van der Waals surface area contributed by atoms with E-state index < -0.39 is 5.41 Å². The quantitative estimate of drug-likeness (QED) is 0.197. The van der Waals surface area contributed by atoms with Crippen molar-refractivity contribution in [2.75, 3.05) is 0 Å². The minimum Gasteiger partial charge on any atom is -0.296 e. The zero-order chi connectivity index (χ0) is 26.9. The Morgan fingerprint density at radius 2 is 1.00 bits per heavy atom. The molecule has 1 aliphatic rings. The van der Waals surface area contributed by atoms with Gasteiger partial charge in [0.25, 0.3) is 0 Å². The van der Waals surface area contributed by atoms with Gasteiger partial charge in [-0.1, -0.05) is 133 Å². The third-order valence-corrected chi connectivity index (χ3v) is 8.21. The van der Waals surface area contributed by atoms with E-state index in [1.54, 1.807) is 0 Å². The lowest BCUT2D eigenvalue weighted by molar-refractivity contribution is 0.769. The molecular formula is C39H29N. The molecule has 1 aliphatic carbocycles. The third-order valence-electron chi connectivity index (χ3n) is 8.21. The molecule has 1 nitrogen and oxygen atoms in total. The summed E-state index contributed by atoms with van der Waals surface area (Å²) in [5, 5.41) is 0. The Balaban J connectivity index is 1.44. The molecule has 0 bridgehead atoms. The Labute approximate surface area is 236 Å². The number of hydrogen-bond acceptors (Lipinski definition) is 1. The number of nitrogens with zero attached hydrogens (tertiary/aromatic N) is 1. The molecule has 0 heterocycles. The SMILES string of the molecule is C=NCc1cccc(-c2cccc(-c3ccc4c(c3)C(c3ccccc3)(c3ccccc3)c3ccccc3-4)c2)c1. The average molecular weight is 512 g/mol. The van der Waals surface area contributed by atoms with Gasteiger partial charge in [-0.15, -0.1) is 0 Å². The molecule has 0 unspecified atom stereocenters. The topological polar surface area (TPSA) is 12.4 Å². The van der Waals surface area contributed by atoms with E-state index in [2.05, 4.69) is 163 Å². The summed E-state index contributed by atoms with van der Waals surface area (Å²) >= 11 is 0. The Morgan fingerprint density at radius 1 is 0.450 bits per heavy atom. The number of aliphatic imine (C=N–C) groups is 1. The van der Waals surface area contributed by atoms with Crippen molar-refractivity contribution < 1.29 is 0 Å². The van der Waals surface area contributed by atoms with E-state index in [1.807, 2.05) is 0 Å². The van der Waals surface area contributed by atoms with Gasteiger partial charge in [-0.3, -0.25) is 4.99 Å². The van der Waals surface area contributed by atoms with E-state index in [-0.39, 0.29) is 0 Å². The Hall–Kier alpha value is -5.01. The smallest absolute Gasteiger partial charge is 0.0713 e. The summed E-state index contributed by atoms with van der Waals surface area (Å²) in [6, 6.07) is 55.3. The zero-order valence-electron chi connectivity index (χ0n) is 22.3. The minimum absolute atomic E-state index is 0.395. The van der Waals surface area contributed by atoms with Gasteiger partial charge in [0.15, 0.2) is 0 Å². The maximum atomic E-state index is 4.07. The van der Waals surface area contributed by atoms with Crippen LogP contribution < -0.4 is 0 Å². The summed E-state index contributed by atoms with van der Waals surface area (Å²) in [5.41, 5.74) is 13.4. The van der Waals surface area contributed by atoms with Crippen LogP contribution in [0.5, 0.6) is 0 Å². The lowest BCUT2D eigenvalue weighted by Crippen LogP contribution is -2.28. The van der Waals surface area contributed by atoms with Crippen LogP contribution in [0.15, 0.2) is 157 Å². The van der Waals surface area contributed by atoms with Crippen molar-refractivity contribution in [2.45, 2.75) is 12.0 Å². The molecule has 0 saturated heterocycles. The summed E-state index contributed by atoms with van der Waals surface area (Å²) in [4.78, 5) is 4.07. The second-order valence-corrected chi connectivity index (χ2v) is 10.5. The molecule has 0 atom stereocenters. The molecule has 0 aliphatic heterocycles. The van der Waals surface area contributed by atoms with Crippen molar-refractivity contribution in [1.29, 1.82) is 0 Å². The summed E-state index contributed by atoms with van der Waals surface area (Å²) in [6.07, 6.45) is 0. The number of hydrogen-bond donors (Lipinski definition) is 0. The lowest BCUT2D eigenvalue weighted by atomic mass is 9.67. The van der Waals surface area contributed by atoms with Crippen molar-refractivity contribution in [3.8, 4) is 33.4 Å². The maximum absolute atomic E-state index is 4.07.